The van der Waals surface area contributed by atoms with Gasteiger partial charge in [0.25, 0.3) is 5.91 Å². The van der Waals surface area contributed by atoms with E-state index in [2.05, 4.69) is 15.4 Å². The van der Waals surface area contributed by atoms with Crippen LogP contribution < -0.4 is 19.5 Å². The third-order valence-electron chi connectivity index (χ3n) is 5.98. The Bertz CT molecular complexity index is 1890. The van der Waals surface area contributed by atoms with Crippen molar-refractivity contribution in [3.8, 4) is 28.7 Å². The first-order valence-electron chi connectivity index (χ1n) is 11.9. The quantitative estimate of drug-likeness (QED) is 0.267. The number of benzene rings is 3. The number of halogens is 2. The number of methoxy groups -OCH3 is 2. The molecule has 5 rings (SSSR count). The van der Waals surface area contributed by atoms with E-state index >= 15 is 4.39 Å². The summed E-state index contributed by atoms with van der Waals surface area (Å²) in [6.45, 7) is 0. The third kappa shape index (κ3) is 5.65. The fourth-order valence-corrected chi connectivity index (χ4v) is 4.80. The summed E-state index contributed by atoms with van der Waals surface area (Å²) in [5.74, 6) is -0.724. The van der Waals surface area contributed by atoms with Gasteiger partial charge < -0.3 is 19.5 Å². The molecule has 41 heavy (non-hydrogen) atoms. The number of aromatic nitrogens is 3. The highest BCUT2D eigenvalue weighted by Gasteiger charge is 2.23. The number of nitrogens with zero attached hydrogens (tertiary/aromatic N) is 3. The Kier molecular flexibility index (Phi) is 7.28. The molecular weight excluding hydrogens is 558 g/mol. The standard InChI is InChI=1S/C28H22F2N4O6S/c1-38-25-13-19-22(14-26(25)39-2)31-11-10-24(19)40-18-8-9-21(20(30)12-18)32-28(35)23-15-27(41(3,36)37)34(33-23)17-6-4-16(29)5-7-17/h4-15H,1-3H3,(H,32,35). The van der Waals surface area contributed by atoms with Crippen LogP contribution >= 0.6 is 0 Å². The molecule has 13 heteroatoms. The highest BCUT2D eigenvalue weighted by molar-refractivity contribution is 7.90. The first-order valence-corrected chi connectivity index (χ1v) is 13.8. The lowest BCUT2D eigenvalue weighted by molar-refractivity contribution is 0.102. The minimum atomic E-state index is -3.83. The number of fused-ring (bicyclic) bond motifs is 1. The molecule has 0 aliphatic rings. The molecule has 1 N–H and O–H groups in total. The fraction of sp³-hybridized carbons (Fsp3) is 0.107. The van der Waals surface area contributed by atoms with E-state index in [1.165, 1.54) is 44.7 Å². The number of pyridine rings is 1. The van der Waals surface area contributed by atoms with Gasteiger partial charge in [0.2, 0.25) is 0 Å². The van der Waals surface area contributed by atoms with E-state index in [0.717, 1.165) is 35.2 Å². The zero-order valence-corrected chi connectivity index (χ0v) is 22.7. The van der Waals surface area contributed by atoms with Crippen LogP contribution in [0, 0.1) is 11.6 Å². The van der Waals surface area contributed by atoms with Gasteiger partial charge in [-0.1, -0.05) is 0 Å². The van der Waals surface area contributed by atoms with Gasteiger partial charge in [-0.25, -0.2) is 21.9 Å². The number of nitrogens with one attached hydrogen (secondary N) is 1. The van der Waals surface area contributed by atoms with Crippen molar-refractivity contribution < 1.29 is 36.2 Å². The van der Waals surface area contributed by atoms with Crippen molar-refractivity contribution in [3.05, 3.63) is 90.3 Å². The van der Waals surface area contributed by atoms with Crippen LogP contribution in [0.1, 0.15) is 10.5 Å². The van der Waals surface area contributed by atoms with E-state index in [1.807, 2.05) is 0 Å². The van der Waals surface area contributed by atoms with Gasteiger partial charge in [-0.05, 0) is 48.5 Å². The van der Waals surface area contributed by atoms with Crippen molar-refractivity contribution in [3.63, 3.8) is 0 Å². The molecular formula is C28H22F2N4O6S. The molecule has 1 amide bonds. The molecule has 2 aromatic heterocycles. The summed E-state index contributed by atoms with van der Waals surface area (Å²) < 4.78 is 70.6. The molecule has 0 atom stereocenters. The van der Waals surface area contributed by atoms with Crippen molar-refractivity contribution in [2.45, 2.75) is 5.03 Å². The minimum Gasteiger partial charge on any atom is -0.493 e. The number of hydrogen-bond donors (Lipinski definition) is 1. The Morgan fingerprint density at radius 1 is 0.902 bits per heavy atom. The Labute approximate surface area is 233 Å². The summed E-state index contributed by atoms with van der Waals surface area (Å²) in [5.41, 5.74) is 0.309. The summed E-state index contributed by atoms with van der Waals surface area (Å²) in [6, 6.07) is 14.8. The minimum absolute atomic E-state index is 0.141. The van der Waals surface area contributed by atoms with Gasteiger partial charge in [-0.15, -0.1) is 0 Å². The van der Waals surface area contributed by atoms with Crippen molar-refractivity contribution in [1.29, 1.82) is 0 Å². The van der Waals surface area contributed by atoms with Crippen LogP contribution in [0.3, 0.4) is 0 Å². The van der Waals surface area contributed by atoms with Crippen molar-refractivity contribution in [2.75, 3.05) is 25.8 Å². The molecule has 0 aliphatic heterocycles. The molecule has 0 saturated carbocycles. The topological polar surface area (TPSA) is 122 Å². The van der Waals surface area contributed by atoms with Gasteiger partial charge in [-0.2, -0.15) is 5.10 Å². The second-order valence-electron chi connectivity index (χ2n) is 8.76. The molecule has 0 saturated heterocycles. The molecule has 0 radical (unpaired) electrons. The molecule has 5 aromatic rings. The fourth-order valence-electron chi connectivity index (χ4n) is 4.02. The summed E-state index contributed by atoms with van der Waals surface area (Å²) in [4.78, 5) is 17.2. The number of rotatable bonds is 8. The van der Waals surface area contributed by atoms with Gasteiger partial charge in [0.1, 0.15) is 23.1 Å². The molecule has 0 aliphatic carbocycles. The number of carbonyl (C=O) groups is 1. The van der Waals surface area contributed by atoms with Gasteiger partial charge >= 0.3 is 0 Å². The highest BCUT2D eigenvalue weighted by Crippen LogP contribution is 2.37. The summed E-state index contributed by atoms with van der Waals surface area (Å²) in [5, 5.41) is 6.75. The van der Waals surface area contributed by atoms with E-state index in [0.29, 0.717) is 28.2 Å². The first kappa shape index (κ1) is 27.5. The van der Waals surface area contributed by atoms with E-state index in [-0.39, 0.29) is 27.8 Å². The Morgan fingerprint density at radius 3 is 2.27 bits per heavy atom. The van der Waals surface area contributed by atoms with Crippen LogP contribution in [0.15, 0.2) is 78.0 Å². The molecule has 0 fully saturated rings. The first-order chi connectivity index (χ1) is 19.6. The lowest BCUT2D eigenvalue weighted by atomic mass is 10.2. The van der Waals surface area contributed by atoms with Crippen LogP contribution in [0.2, 0.25) is 0 Å². The average Bonchev–Trinajstić information content (AvgIpc) is 3.41. The lowest BCUT2D eigenvalue weighted by Crippen LogP contribution is -2.14. The lowest BCUT2D eigenvalue weighted by Gasteiger charge is -2.13. The van der Waals surface area contributed by atoms with Crippen LogP contribution in [0.25, 0.3) is 16.6 Å². The summed E-state index contributed by atoms with van der Waals surface area (Å²) in [6.07, 6.45) is 2.48. The number of sulfone groups is 1. The van der Waals surface area contributed by atoms with Crippen molar-refractivity contribution >= 4 is 32.3 Å². The van der Waals surface area contributed by atoms with Crippen molar-refractivity contribution in [1.82, 2.24) is 14.8 Å². The van der Waals surface area contributed by atoms with Crippen LogP contribution in [-0.4, -0.2) is 49.6 Å². The largest absolute Gasteiger partial charge is 0.493 e. The molecule has 2 heterocycles. The second kappa shape index (κ2) is 10.8. The maximum Gasteiger partial charge on any atom is 0.276 e. The van der Waals surface area contributed by atoms with Crippen LogP contribution in [0.4, 0.5) is 14.5 Å². The zero-order valence-electron chi connectivity index (χ0n) is 21.9. The normalized spacial score (nSPS) is 11.3. The van der Waals surface area contributed by atoms with Gasteiger partial charge in [0.15, 0.2) is 32.1 Å². The molecule has 0 spiro atoms. The molecule has 3 aromatic carbocycles. The average molecular weight is 581 g/mol. The highest BCUT2D eigenvalue weighted by atomic mass is 32.2. The number of anilines is 1. The third-order valence-corrected chi connectivity index (χ3v) is 7.03. The summed E-state index contributed by atoms with van der Waals surface area (Å²) >= 11 is 0. The Morgan fingerprint density at radius 2 is 1.61 bits per heavy atom. The number of ether oxygens (including phenoxy) is 3. The van der Waals surface area contributed by atoms with E-state index < -0.39 is 27.4 Å². The molecule has 10 nitrogen and oxygen atoms in total. The molecule has 210 valence electrons. The predicted octanol–water partition coefficient (Wildman–Crippen LogP) is 5.16. The van der Waals surface area contributed by atoms with Crippen molar-refractivity contribution in [2.24, 2.45) is 0 Å². The smallest absolute Gasteiger partial charge is 0.276 e. The second-order valence-corrected chi connectivity index (χ2v) is 10.7. The SMILES string of the molecule is COc1cc2nccc(Oc3ccc(NC(=O)c4cc(S(C)(=O)=O)n(-c5ccc(F)cc5)n4)c(F)c3)c2cc1OC. The Balaban J connectivity index is 1.40. The number of hydrogen-bond acceptors (Lipinski definition) is 8. The summed E-state index contributed by atoms with van der Waals surface area (Å²) in [7, 11) is -0.821. The van der Waals surface area contributed by atoms with Gasteiger partial charge in [0.05, 0.1) is 31.1 Å². The van der Waals surface area contributed by atoms with Gasteiger partial charge in [0, 0.05) is 36.0 Å². The van der Waals surface area contributed by atoms with E-state index in [4.69, 9.17) is 14.2 Å². The van der Waals surface area contributed by atoms with E-state index in [9.17, 15) is 17.6 Å². The predicted molar refractivity (Wildman–Crippen MR) is 146 cm³/mol. The molecule has 0 unspecified atom stereocenters. The van der Waals surface area contributed by atoms with E-state index in [1.54, 1.807) is 18.2 Å². The van der Waals surface area contributed by atoms with Gasteiger partial charge in [-0.3, -0.25) is 9.78 Å². The maximum absolute atomic E-state index is 15.0. The van der Waals surface area contributed by atoms with Crippen LogP contribution in [-0.2, 0) is 9.84 Å². The number of carbonyl (C=O) groups excluding carboxylic acids is 1. The molecule has 0 bridgehead atoms. The monoisotopic (exact) mass is 580 g/mol. The zero-order chi connectivity index (χ0) is 29.3. The maximum atomic E-state index is 15.0. The number of amides is 1. The van der Waals surface area contributed by atoms with Crippen LogP contribution in [0.5, 0.6) is 23.0 Å². The Hall–Kier alpha value is -5.04.